The molecule has 0 aliphatic carbocycles. The Morgan fingerprint density at radius 3 is 2.21 bits per heavy atom. The molecule has 0 aliphatic heterocycles. The van der Waals surface area contributed by atoms with Crippen molar-refractivity contribution in [2.45, 2.75) is 0 Å². The van der Waals surface area contributed by atoms with Crippen LogP contribution in [0.2, 0.25) is 5.02 Å². The SMILES string of the molecule is O=[N+]([O-])c1ccc(NNc2ncnc(Nc3cccc(Cl)c3)c2[N+](=O)[O-])cc1. The molecule has 1 heterocycles. The Morgan fingerprint density at radius 2 is 1.57 bits per heavy atom. The molecule has 3 N–H and O–H groups in total. The summed E-state index contributed by atoms with van der Waals surface area (Å²) in [5, 5.41) is 25.5. The molecular weight excluding hydrogens is 390 g/mol. The van der Waals surface area contributed by atoms with Crippen molar-refractivity contribution in [1.82, 2.24) is 9.97 Å². The Balaban J connectivity index is 1.82. The van der Waals surface area contributed by atoms with E-state index in [1.54, 1.807) is 24.3 Å². The molecule has 0 spiro atoms. The fourth-order valence-corrected chi connectivity index (χ4v) is 2.43. The van der Waals surface area contributed by atoms with Crippen molar-refractivity contribution in [3.63, 3.8) is 0 Å². The molecule has 2 aromatic carbocycles. The topological polar surface area (TPSA) is 148 Å². The summed E-state index contributed by atoms with van der Waals surface area (Å²) in [5.74, 6) is -0.127. The summed E-state index contributed by atoms with van der Waals surface area (Å²) >= 11 is 5.92. The van der Waals surface area contributed by atoms with Crippen LogP contribution in [0.1, 0.15) is 0 Å². The van der Waals surface area contributed by atoms with E-state index in [0.717, 1.165) is 6.33 Å². The van der Waals surface area contributed by atoms with Gasteiger partial charge in [0.15, 0.2) is 0 Å². The third-order valence-electron chi connectivity index (χ3n) is 3.50. The number of nitrogens with one attached hydrogen (secondary N) is 3. The summed E-state index contributed by atoms with van der Waals surface area (Å²) in [5.41, 5.74) is 5.82. The van der Waals surface area contributed by atoms with Crippen LogP contribution in [0.25, 0.3) is 0 Å². The van der Waals surface area contributed by atoms with Crippen LogP contribution in [0.4, 0.5) is 34.4 Å². The largest absolute Gasteiger partial charge is 0.355 e. The monoisotopic (exact) mass is 401 g/mol. The van der Waals surface area contributed by atoms with Gasteiger partial charge in [-0.2, -0.15) is 0 Å². The third kappa shape index (κ3) is 4.40. The minimum atomic E-state index is -0.632. The van der Waals surface area contributed by atoms with Gasteiger partial charge >= 0.3 is 5.69 Å². The summed E-state index contributed by atoms with van der Waals surface area (Å²) in [6.45, 7) is 0. The lowest BCUT2D eigenvalue weighted by Gasteiger charge is -2.11. The van der Waals surface area contributed by atoms with E-state index in [4.69, 9.17) is 11.6 Å². The predicted molar refractivity (Wildman–Crippen MR) is 104 cm³/mol. The quantitative estimate of drug-likeness (QED) is 0.392. The second kappa shape index (κ2) is 8.14. The first-order chi connectivity index (χ1) is 13.4. The Hall–Kier alpha value is -3.99. The number of hydrazine groups is 1. The van der Waals surface area contributed by atoms with Crippen LogP contribution in [-0.2, 0) is 0 Å². The summed E-state index contributed by atoms with van der Waals surface area (Å²) in [6.07, 6.45) is 1.15. The lowest BCUT2D eigenvalue weighted by Crippen LogP contribution is -2.13. The summed E-state index contributed by atoms with van der Waals surface area (Å²) in [7, 11) is 0. The maximum atomic E-state index is 11.5. The number of benzene rings is 2. The van der Waals surface area contributed by atoms with Gasteiger partial charge in [-0.25, -0.2) is 9.97 Å². The summed E-state index contributed by atoms with van der Waals surface area (Å²) in [4.78, 5) is 28.9. The molecule has 11 nitrogen and oxygen atoms in total. The Morgan fingerprint density at radius 1 is 0.857 bits per heavy atom. The lowest BCUT2D eigenvalue weighted by atomic mass is 10.3. The molecule has 3 aromatic rings. The highest BCUT2D eigenvalue weighted by Crippen LogP contribution is 2.31. The van der Waals surface area contributed by atoms with Gasteiger partial charge < -0.3 is 5.32 Å². The Labute approximate surface area is 162 Å². The molecule has 0 bridgehead atoms. The van der Waals surface area contributed by atoms with E-state index in [0.29, 0.717) is 16.4 Å². The standard InChI is InChI=1S/C16H12ClN7O4/c17-10-2-1-3-12(8-10)20-15-14(24(27)28)16(19-9-18-15)22-21-11-4-6-13(7-5-11)23(25)26/h1-9,21H,(H2,18,19,20,22). The van der Waals surface area contributed by atoms with Crippen molar-refractivity contribution in [2.24, 2.45) is 0 Å². The number of rotatable bonds is 7. The van der Waals surface area contributed by atoms with E-state index in [2.05, 4.69) is 26.1 Å². The molecule has 0 atom stereocenters. The number of non-ortho nitro benzene ring substituents is 1. The Kier molecular flexibility index (Phi) is 5.46. The Bertz CT molecular complexity index is 1030. The average Bonchev–Trinajstić information content (AvgIpc) is 2.66. The van der Waals surface area contributed by atoms with Crippen LogP contribution >= 0.6 is 11.6 Å². The van der Waals surface area contributed by atoms with Crippen LogP contribution in [0.5, 0.6) is 0 Å². The first-order valence-corrected chi connectivity index (χ1v) is 8.10. The highest BCUT2D eigenvalue weighted by molar-refractivity contribution is 6.30. The molecule has 28 heavy (non-hydrogen) atoms. The zero-order valence-corrected chi connectivity index (χ0v) is 14.8. The van der Waals surface area contributed by atoms with Gasteiger partial charge in [0, 0.05) is 22.8 Å². The minimum Gasteiger partial charge on any atom is -0.334 e. The zero-order chi connectivity index (χ0) is 20.1. The van der Waals surface area contributed by atoms with Crippen LogP contribution < -0.4 is 16.2 Å². The fourth-order valence-electron chi connectivity index (χ4n) is 2.24. The van der Waals surface area contributed by atoms with Crippen molar-refractivity contribution in [3.05, 3.63) is 80.1 Å². The normalized spacial score (nSPS) is 10.2. The van der Waals surface area contributed by atoms with Gasteiger partial charge in [0.2, 0.25) is 11.6 Å². The van der Waals surface area contributed by atoms with Gasteiger partial charge in [-0.05, 0) is 30.3 Å². The maximum absolute atomic E-state index is 11.5. The lowest BCUT2D eigenvalue weighted by molar-refractivity contribution is -0.384. The van der Waals surface area contributed by atoms with Gasteiger partial charge in [0.25, 0.3) is 5.69 Å². The predicted octanol–water partition coefficient (Wildman–Crippen LogP) is 4.13. The van der Waals surface area contributed by atoms with Crippen molar-refractivity contribution in [3.8, 4) is 0 Å². The van der Waals surface area contributed by atoms with E-state index in [-0.39, 0.29) is 17.3 Å². The highest BCUT2D eigenvalue weighted by atomic mass is 35.5. The van der Waals surface area contributed by atoms with E-state index in [1.807, 2.05) is 0 Å². The number of anilines is 4. The van der Waals surface area contributed by atoms with Gasteiger partial charge in [0.1, 0.15) is 6.33 Å². The average molecular weight is 402 g/mol. The van der Waals surface area contributed by atoms with Crippen LogP contribution in [0.15, 0.2) is 54.9 Å². The number of nitrogens with zero attached hydrogens (tertiary/aromatic N) is 4. The zero-order valence-electron chi connectivity index (χ0n) is 14.0. The van der Waals surface area contributed by atoms with E-state index in [1.165, 1.54) is 24.3 Å². The van der Waals surface area contributed by atoms with Gasteiger partial charge in [-0.3, -0.25) is 31.1 Å². The molecule has 0 radical (unpaired) electrons. The van der Waals surface area contributed by atoms with Crippen molar-refractivity contribution in [1.29, 1.82) is 0 Å². The van der Waals surface area contributed by atoms with Crippen LogP contribution in [-0.4, -0.2) is 19.8 Å². The molecule has 12 heteroatoms. The molecule has 1 aromatic heterocycles. The van der Waals surface area contributed by atoms with Crippen molar-refractivity contribution in [2.75, 3.05) is 16.2 Å². The maximum Gasteiger partial charge on any atom is 0.355 e. The second-order valence-corrected chi connectivity index (χ2v) is 5.80. The van der Waals surface area contributed by atoms with E-state index in [9.17, 15) is 20.2 Å². The fraction of sp³-hybridized carbons (Fsp3) is 0. The molecule has 0 saturated heterocycles. The van der Waals surface area contributed by atoms with Crippen LogP contribution in [0, 0.1) is 20.2 Å². The molecule has 0 amide bonds. The van der Waals surface area contributed by atoms with E-state index < -0.39 is 15.5 Å². The molecule has 3 rings (SSSR count). The summed E-state index contributed by atoms with van der Waals surface area (Å²) < 4.78 is 0. The number of aromatic nitrogens is 2. The molecule has 0 unspecified atom stereocenters. The smallest absolute Gasteiger partial charge is 0.334 e. The first-order valence-electron chi connectivity index (χ1n) is 7.72. The number of nitro benzene ring substituents is 1. The second-order valence-electron chi connectivity index (χ2n) is 5.37. The van der Waals surface area contributed by atoms with Gasteiger partial charge in [-0.1, -0.05) is 17.7 Å². The van der Waals surface area contributed by atoms with Gasteiger partial charge in [-0.15, -0.1) is 0 Å². The third-order valence-corrected chi connectivity index (χ3v) is 3.73. The molecule has 142 valence electrons. The number of hydrogen-bond donors (Lipinski definition) is 3. The van der Waals surface area contributed by atoms with E-state index >= 15 is 0 Å². The minimum absolute atomic E-state index is 0.0322. The van der Waals surface area contributed by atoms with Gasteiger partial charge in [0.05, 0.1) is 15.5 Å². The number of nitro groups is 2. The number of hydrogen-bond acceptors (Lipinski definition) is 9. The first kappa shape index (κ1) is 18.8. The highest BCUT2D eigenvalue weighted by Gasteiger charge is 2.23. The summed E-state index contributed by atoms with van der Waals surface area (Å²) in [6, 6.07) is 12.1. The molecule has 0 saturated carbocycles. The molecule has 0 aliphatic rings. The molecular formula is C16H12ClN7O4. The van der Waals surface area contributed by atoms with Crippen LogP contribution in [0.3, 0.4) is 0 Å². The molecule has 0 fully saturated rings. The number of halogens is 1. The van der Waals surface area contributed by atoms with Crippen molar-refractivity contribution < 1.29 is 9.85 Å². The van der Waals surface area contributed by atoms with Crippen molar-refractivity contribution >= 4 is 46.0 Å².